The zero-order valence-electron chi connectivity index (χ0n) is 10.5. The first-order chi connectivity index (χ1) is 9.75. The van der Waals surface area contributed by atoms with Crippen molar-refractivity contribution in [1.29, 1.82) is 0 Å². The molecular formula is C18H10F2. The molecule has 4 aromatic rings. The number of hydrogen-bond acceptors (Lipinski definition) is 0. The van der Waals surface area contributed by atoms with Crippen LogP contribution >= 0.6 is 0 Å². The lowest BCUT2D eigenvalue weighted by molar-refractivity contribution is 0.618. The van der Waals surface area contributed by atoms with Crippen molar-refractivity contribution < 1.29 is 8.78 Å². The summed E-state index contributed by atoms with van der Waals surface area (Å²) in [7, 11) is 0. The highest BCUT2D eigenvalue weighted by Crippen LogP contribution is 2.34. The molecule has 0 saturated heterocycles. The van der Waals surface area contributed by atoms with Crippen molar-refractivity contribution in [3.05, 3.63) is 72.3 Å². The molecule has 0 N–H and O–H groups in total. The lowest BCUT2D eigenvalue weighted by Crippen LogP contribution is -1.87. The summed E-state index contributed by atoms with van der Waals surface area (Å²) in [6.45, 7) is 0. The van der Waals surface area contributed by atoms with Gasteiger partial charge in [0, 0.05) is 16.2 Å². The van der Waals surface area contributed by atoms with Crippen LogP contribution in [0.2, 0.25) is 0 Å². The molecule has 20 heavy (non-hydrogen) atoms. The number of benzene rings is 4. The van der Waals surface area contributed by atoms with Gasteiger partial charge < -0.3 is 0 Å². The molecule has 0 aliphatic rings. The van der Waals surface area contributed by atoms with E-state index in [4.69, 9.17) is 0 Å². The molecule has 96 valence electrons. The molecule has 0 heterocycles. The van der Waals surface area contributed by atoms with E-state index in [1.54, 1.807) is 6.07 Å². The fraction of sp³-hybridized carbons (Fsp3) is 0. The van der Waals surface area contributed by atoms with Gasteiger partial charge in [-0.25, -0.2) is 8.78 Å². The quantitative estimate of drug-likeness (QED) is 0.372. The van der Waals surface area contributed by atoms with Gasteiger partial charge in [0.05, 0.1) is 0 Å². The molecule has 4 aromatic carbocycles. The molecule has 0 unspecified atom stereocenters. The maximum absolute atomic E-state index is 14.3. The summed E-state index contributed by atoms with van der Waals surface area (Å²) < 4.78 is 28.2. The van der Waals surface area contributed by atoms with Crippen molar-refractivity contribution >= 4 is 32.3 Å². The summed E-state index contributed by atoms with van der Waals surface area (Å²) in [4.78, 5) is 0. The van der Waals surface area contributed by atoms with E-state index in [2.05, 4.69) is 0 Å². The van der Waals surface area contributed by atoms with Crippen LogP contribution < -0.4 is 0 Å². The lowest BCUT2D eigenvalue weighted by Gasteiger charge is -2.09. The van der Waals surface area contributed by atoms with Crippen LogP contribution in [-0.2, 0) is 0 Å². The molecule has 2 heteroatoms. The summed E-state index contributed by atoms with van der Waals surface area (Å²) in [5.74, 6) is -0.778. The second kappa shape index (κ2) is 4.01. The van der Waals surface area contributed by atoms with Crippen molar-refractivity contribution in [2.75, 3.05) is 0 Å². The Balaban J connectivity index is 2.40. The molecule has 0 aliphatic heterocycles. The third kappa shape index (κ3) is 1.45. The minimum atomic E-state index is -0.392. The van der Waals surface area contributed by atoms with Crippen LogP contribution in [0.25, 0.3) is 32.3 Å². The molecule has 0 saturated carbocycles. The Labute approximate surface area is 114 Å². The molecule has 0 bridgehead atoms. The largest absolute Gasteiger partial charge is 0.206 e. The molecule has 0 aromatic heterocycles. The first-order valence-electron chi connectivity index (χ1n) is 6.44. The van der Waals surface area contributed by atoms with Crippen molar-refractivity contribution in [3.8, 4) is 0 Å². The van der Waals surface area contributed by atoms with E-state index in [1.165, 1.54) is 12.1 Å². The van der Waals surface area contributed by atoms with E-state index in [-0.39, 0.29) is 5.82 Å². The van der Waals surface area contributed by atoms with E-state index in [0.29, 0.717) is 10.8 Å². The Kier molecular flexibility index (Phi) is 2.27. The molecule has 4 rings (SSSR count). The average molecular weight is 264 g/mol. The number of rotatable bonds is 0. The Morgan fingerprint density at radius 3 is 2.10 bits per heavy atom. The van der Waals surface area contributed by atoms with E-state index < -0.39 is 5.82 Å². The molecule has 0 nitrogen and oxygen atoms in total. The monoisotopic (exact) mass is 264 g/mol. The highest BCUT2D eigenvalue weighted by Gasteiger charge is 2.11. The van der Waals surface area contributed by atoms with Crippen LogP contribution in [0.15, 0.2) is 60.7 Å². The second-order valence-electron chi connectivity index (χ2n) is 4.90. The molecular weight excluding hydrogens is 254 g/mol. The molecule has 0 amide bonds. The highest BCUT2D eigenvalue weighted by molar-refractivity contribution is 6.20. The summed E-state index contributed by atoms with van der Waals surface area (Å²) in [6, 6.07) is 17.6. The van der Waals surface area contributed by atoms with Gasteiger partial charge in [-0.15, -0.1) is 0 Å². The summed E-state index contributed by atoms with van der Waals surface area (Å²) in [5, 5.41) is 4.35. The van der Waals surface area contributed by atoms with Gasteiger partial charge in [0.1, 0.15) is 11.6 Å². The van der Waals surface area contributed by atoms with E-state index in [0.717, 1.165) is 21.5 Å². The minimum absolute atomic E-state index is 0.328. The molecule has 0 aliphatic carbocycles. The topological polar surface area (TPSA) is 0 Å². The Morgan fingerprint density at radius 1 is 0.500 bits per heavy atom. The minimum Gasteiger partial charge on any atom is -0.206 e. The van der Waals surface area contributed by atoms with Gasteiger partial charge in [0.2, 0.25) is 0 Å². The van der Waals surface area contributed by atoms with Gasteiger partial charge in [-0.1, -0.05) is 48.5 Å². The van der Waals surface area contributed by atoms with Gasteiger partial charge in [-0.2, -0.15) is 0 Å². The SMILES string of the molecule is Fc1ccc(F)c2c1ccc1ccc3ccccc3c12. The Morgan fingerprint density at radius 2 is 1.20 bits per heavy atom. The highest BCUT2D eigenvalue weighted by atomic mass is 19.1. The maximum atomic E-state index is 14.3. The lowest BCUT2D eigenvalue weighted by atomic mass is 9.96. The van der Waals surface area contributed by atoms with Crippen molar-refractivity contribution in [3.63, 3.8) is 0 Å². The number of hydrogen-bond donors (Lipinski definition) is 0. The third-order valence-corrected chi connectivity index (χ3v) is 3.78. The smallest absolute Gasteiger partial charge is 0.131 e. The average Bonchev–Trinajstić information content (AvgIpc) is 2.50. The van der Waals surface area contributed by atoms with Crippen LogP contribution in [0.4, 0.5) is 8.78 Å². The van der Waals surface area contributed by atoms with E-state index >= 15 is 0 Å². The Hall–Kier alpha value is -2.48. The fourth-order valence-electron chi connectivity index (χ4n) is 2.86. The first kappa shape index (κ1) is 11.4. The summed E-state index contributed by atoms with van der Waals surface area (Å²) in [5.41, 5.74) is 0. The van der Waals surface area contributed by atoms with Crippen LogP contribution in [0.3, 0.4) is 0 Å². The van der Waals surface area contributed by atoms with Crippen LogP contribution in [-0.4, -0.2) is 0 Å². The van der Waals surface area contributed by atoms with E-state index in [9.17, 15) is 8.78 Å². The third-order valence-electron chi connectivity index (χ3n) is 3.78. The van der Waals surface area contributed by atoms with Gasteiger partial charge in [-0.3, -0.25) is 0 Å². The van der Waals surface area contributed by atoms with Crippen molar-refractivity contribution in [1.82, 2.24) is 0 Å². The Bertz CT molecular complexity index is 971. The van der Waals surface area contributed by atoms with Crippen LogP contribution in [0, 0.1) is 11.6 Å². The summed E-state index contributed by atoms with van der Waals surface area (Å²) in [6.07, 6.45) is 0. The van der Waals surface area contributed by atoms with Crippen LogP contribution in [0.5, 0.6) is 0 Å². The predicted molar refractivity (Wildman–Crippen MR) is 78.9 cm³/mol. The maximum Gasteiger partial charge on any atom is 0.131 e. The normalized spacial score (nSPS) is 11.5. The van der Waals surface area contributed by atoms with Gasteiger partial charge in [0.15, 0.2) is 0 Å². The second-order valence-corrected chi connectivity index (χ2v) is 4.90. The van der Waals surface area contributed by atoms with Gasteiger partial charge in [0.25, 0.3) is 0 Å². The zero-order valence-corrected chi connectivity index (χ0v) is 10.5. The van der Waals surface area contributed by atoms with Gasteiger partial charge >= 0.3 is 0 Å². The first-order valence-corrected chi connectivity index (χ1v) is 6.44. The van der Waals surface area contributed by atoms with Crippen LogP contribution in [0.1, 0.15) is 0 Å². The van der Waals surface area contributed by atoms with Crippen molar-refractivity contribution in [2.45, 2.75) is 0 Å². The molecule has 0 atom stereocenters. The standard InChI is InChI=1S/C18H10F2/c19-15-9-10-16(20)18-14(15)8-7-12-6-5-11-3-1-2-4-13(11)17(12)18/h1-10H. The number of fused-ring (bicyclic) bond motifs is 5. The predicted octanol–water partition coefficient (Wildman–Crippen LogP) is 5.42. The summed E-state index contributed by atoms with van der Waals surface area (Å²) >= 11 is 0. The molecule has 0 radical (unpaired) electrons. The fourth-order valence-corrected chi connectivity index (χ4v) is 2.86. The van der Waals surface area contributed by atoms with Crippen molar-refractivity contribution in [2.24, 2.45) is 0 Å². The molecule has 0 spiro atoms. The van der Waals surface area contributed by atoms with Gasteiger partial charge in [-0.05, 0) is 28.3 Å². The van der Waals surface area contributed by atoms with E-state index in [1.807, 2.05) is 42.5 Å². The zero-order chi connectivity index (χ0) is 13.7. The number of halogens is 2. The molecule has 0 fully saturated rings.